The summed E-state index contributed by atoms with van der Waals surface area (Å²) in [7, 11) is 1.58. The van der Waals surface area contributed by atoms with Gasteiger partial charge in [0.1, 0.15) is 23.9 Å². The normalized spacial score (nSPS) is 11.7. The van der Waals surface area contributed by atoms with Crippen LogP contribution in [-0.4, -0.2) is 33.9 Å². The summed E-state index contributed by atoms with van der Waals surface area (Å²) in [6, 6.07) is 27.6. The molecule has 0 saturated heterocycles. The highest BCUT2D eigenvalue weighted by Crippen LogP contribution is 2.35. The number of nitrogens with zero attached hydrogens (tertiary/aromatic N) is 4. The van der Waals surface area contributed by atoms with Gasteiger partial charge in [0, 0.05) is 6.54 Å². The molecule has 0 aliphatic carbocycles. The molecule has 0 unspecified atom stereocenters. The maximum Gasteiger partial charge on any atom is 0.249 e. The second-order valence-electron chi connectivity index (χ2n) is 10.1. The van der Waals surface area contributed by atoms with E-state index in [1.54, 1.807) is 22.8 Å². The van der Waals surface area contributed by atoms with Gasteiger partial charge in [0.05, 0.1) is 18.3 Å². The molecule has 1 aromatic heterocycles. The van der Waals surface area contributed by atoms with E-state index in [1.807, 2.05) is 106 Å². The molecule has 0 radical (unpaired) electrons. The number of methoxy groups -OCH3 is 1. The number of aromatic nitrogens is 3. The lowest BCUT2D eigenvalue weighted by Crippen LogP contribution is -2.45. The van der Waals surface area contributed by atoms with E-state index in [2.05, 4.69) is 15.6 Å². The minimum atomic E-state index is -0.976. The first-order valence-electron chi connectivity index (χ1n) is 13.5. The van der Waals surface area contributed by atoms with Gasteiger partial charge >= 0.3 is 0 Å². The quantitative estimate of drug-likeness (QED) is 0.265. The van der Waals surface area contributed by atoms with Crippen molar-refractivity contribution in [1.82, 2.24) is 20.3 Å². The van der Waals surface area contributed by atoms with Gasteiger partial charge in [-0.1, -0.05) is 77.5 Å². The molecular weight excluding hydrogens is 514 g/mol. The van der Waals surface area contributed by atoms with E-state index in [4.69, 9.17) is 4.74 Å². The number of benzene rings is 4. The number of fused-ring (bicyclic) bond motifs is 1. The number of hydrogen-bond donors (Lipinski definition) is 1. The smallest absolute Gasteiger partial charge is 0.249 e. The van der Waals surface area contributed by atoms with Crippen molar-refractivity contribution in [1.29, 1.82) is 0 Å². The Morgan fingerprint density at radius 3 is 2.34 bits per heavy atom. The number of para-hydroxylation sites is 1. The monoisotopic (exact) mass is 547 g/mol. The lowest BCUT2D eigenvalue weighted by molar-refractivity contribution is -0.127. The minimum absolute atomic E-state index is 0.0975. The summed E-state index contributed by atoms with van der Waals surface area (Å²) >= 11 is 0. The average Bonchev–Trinajstić information content (AvgIpc) is 3.38. The van der Waals surface area contributed by atoms with Crippen molar-refractivity contribution in [3.8, 4) is 5.75 Å². The van der Waals surface area contributed by atoms with Crippen LogP contribution < -0.4 is 15.0 Å². The Morgan fingerprint density at radius 1 is 0.902 bits per heavy atom. The van der Waals surface area contributed by atoms with Crippen LogP contribution in [-0.2, 0) is 22.7 Å². The van der Waals surface area contributed by atoms with Gasteiger partial charge in [-0.25, -0.2) is 4.68 Å². The van der Waals surface area contributed by atoms with Crippen molar-refractivity contribution in [2.45, 2.75) is 39.9 Å². The topological polar surface area (TPSA) is 89.4 Å². The highest BCUT2D eigenvalue weighted by Gasteiger charge is 2.35. The van der Waals surface area contributed by atoms with E-state index in [1.165, 1.54) is 0 Å². The molecule has 41 heavy (non-hydrogen) atoms. The van der Waals surface area contributed by atoms with Gasteiger partial charge in [-0.3, -0.25) is 14.5 Å². The Kier molecular flexibility index (Phi) is 8.10. The summed E-state index contributed by atoms with van der Waals surface area (Å²) in [5.74, 6) is -0.00737. The molecule has 8 heteroatoms. The second-order valence-corrected chi connectivity index (χ2v) is 10.1. The van der Waals surface area contributed by atoms with E-state index < -0.39 is 6.04 Å². The minimum Gasteiger partial charge on any atom is -0.497 e. The van der Waals surface area contributed by atoms with Crippen LogP contribution in [0.4, 0.5) is 5.69 Å². The molecule has 0 fully saturated rings. The molecule has 0 aliphatic rings. The zero-order valence-corrected chi connectivity index (χ0v) is 23.7. The van der Waals surface area contributed by atoms with Crippen molar-refractivity contribution >= 4 is 28.5 Å². The molecule has 0 saturated carbocycles. The predicted molar refractivity (Wildman–Crippen MR) is 160 cm³/mol. The molecule has 5 rings (SSSR count). The molecular formula is C33H33N5O3. The van der Waals surface area contributed by atoms with Crippen LogP contribution >= 0.6 is 0 Å². The third kappa shape index (κ3) is 5.96. The standard InChI is InChI=1S/C33H33N5O3/c1-22-17-23(2)31(24(3)18-22)38(30(39)21-37-29-16-9-8-15-28(29)35-36-37)32(26-13-10-14-27(19-26)41-4)33(40)34-20-25-11-6-5-7-12-25/h5-19,32H,20-21H2,1-4H3,(H,34,40)/t32-/m1/s1. The van der Waals surface area contributed by atoms with Gasteiger partial charge < -0.3 is 10.1 Å². The average molecular weight is 548 g/mol. The van der Waals surface area contributed by atoms with Gasteiger partial charge in [0.15, 0.2) is 0 Å². The van der Waals surface area contributed by atoms with Crippen LogP contribution in [0.5, 0.6) is 5.75 Å². The molecule has 5 aromatic rings. The molecule has 1 atom stereocenters. The zero-order chi connectivity index (χ0) is 28.9. The van der Waals surface area contributed by atoms with Crippen LogP contribution in [0.2, 0.25) is 0 Å². The number of amides is 2. The number of aryl methyl sites for hydroxylation is 3. The number of ether oxygens (including phenoxy) is 1. The van der Waals surface area contributed by atoms with Crippen LogP contribution in [0.15, 0.2) is 91.0 Å². The summed E-state index contributed by atoms with van der Waals surface area (Å²) in [6.45, 7) is 6.17. The number of carbonyl (C=O) groups is 2. The van der Waals surface area contributed by atoms with Crippen molar-refractivity contribution in [3.63, 3.8) is 0 Å². The fraction of sp³-hybridized carbons (Fsp3) is 0.212. The zero-order valence-electron chi connectivity index (χ0n) is 23.7. The Hall–Kier alpha value is -4.98. The molecule has 1 N–H and O–H groups in total. The maximum atomic E-state index is 14.4. The number of hydrogen-bond acceptors (Lipinski definition) is 5. The summed E-state index contributed by atoms with van der Waals surface area (Å²) in [4.78, 5) is 30.2. The predicted octanol–water partition coefficient (Wildman–Crippen LogP) is 5.46. The highest BCUT2D eigenvalue weighted by atomic mass is 16.5. The number of carbonyl (C=O) groups excluding carboxylic acids is 2. The first-order valence-corrected chi connectivity index (χ1v) is 13.5. The van der Waals surface area contributed by atoms with E-state index in [9.17, 15) is 9.59 Å². The maximum absolute atomic E-state index is 14.4. The van der Waals surface area contributed by atoms with E-state index in [-0.39, 0.29) is 18.4 Å². The Labute approximate surface area is 239 Å². The van der Waals surface area contributed by atoms with Gasteiger partial charge in [-0.05, 0) is 67.3 Å². The summed E-state index contributed by atoms with van der Waals surface area (Å²) in [5.41, 5.74) is 6.57. The highest BCUT2D eigenvalue weighted by molar-refractivity contribution is 6.02. The molecule has 208 valence electrons. The summed E-state index contributed by atoms with van der Waals surface area (Å²) in [6.07, 6.45) is 0. The van der Waals surface area contributed by atoms with Gasteiger partial charge in [-0.2, -0.15) is 0 Å². The Balaban J connectivity index is 1.63. The van der Waals surface area contributed by atoms with Crippen molar-refractivity contribution in [3.05, 3.63) is 119 Å². The van der Waals surface area contributed by atoms with E-state index >= 15 is 0 Å². The lowest BCUT2D eigenvalue weighted by atomic mass is 9.98. The van der Waals surface area contributed by atoms with E-state index in [0.29, 0.717) is 29.1 Å². The van der Waals surface area contributed by atoms with Gasteiger partial charge in [0.25, 0.3) is 0 Å². The molecule has 2 amide bonds. The number of rotatable bonds is 9. The largest absolute Gasteiger partial charge is 0.497 e. The summed E-state index contributed by atoms with van der Waals surface area (Å²) in [5, 5.41) is 11.5. The van der Waals surface area contributed by atoms with Crippen LogP contribution in [0.1, 0.15) is 33.9 Å². The van der Waals surface area contributed by atoms with Crippen molar-refractivity contribution in [2.24, 2.45) is 0 Å². The van der Waals surface area contributed by atoms with Gasteiger partial charge in [0.2, 0.25) is 11.8 Å². The molecule has 0 bridgehead atoms. The summed E-state index contributed by atoms with van der Waals surface area (Å²) < 4.78 is 7.08. The van der Waals surface area contributed by atoms with Crippen LogP contribution in [0.3, 0.4) is 0 Å². The number of nitrogens with one attached hydrogen (secondary N) is 1. The molecule has 4 aromatic carbocycles. The number of anilines is 1. The fourth-order valence-electron chi connectivity index (χ4n) is 5.30. The molecule has 8 nitrogen and oxygen atoms in total. The first kappa shape index (κ1) is 27.6. The second kappa shape index (κ2) is 12.0. The first-order chi connectivity index (χ1) is 19.9. The molecule has 1 heterocycles. The third-order valence-electron chi connectivity index (χ3n) is 7.08. The Morgan fingerprint density at radius 2 is 1.61 bits per heavy atom. The SMILES string of the molecule is COc1cccc([C@H](C(=O)NCc2ccccc2)N(C(=O)Cn2nnc3ccccc32)c2c(C)cc(C)cc2C)c1. The van der Waals surface area contributed by atoms with Crippen LogP contribution in [0, 0.1) is 20.8 Å². The third-order valence-corrected chi connectivity index (χ3v) is 7.08. The van der Waals surface area contributed by atoms with Crippen molar-refractivity contribution < 1.29 is 14.3 Å². The molecule has 0 spiro atoms. The fourth-order valence-corrected chi connectivity index (χ4v) is 5.30. The lowest BCUT2D eigenvalue weighted by Gasteiger charge is -2.34. The molecule has 0 aliphatic heterocycles. The van der Waals surface area contributed by atoms with E-state index in [0.717, 1.165) is 27.8 Å². The van der Waals surface area contributed by atoms with Crippen LogP contribution in [0.25, 0.3) is 11.0 Å². The van der Waals surface area contributed by atoms with Crippen molar-refractivity contribution in [2.75, 3.05) is 12.0 Å². The Bertz CT molecular complexity index is 1670. The van der Waals surface area contributed by atoms with Gasteiger partial charge in [-0.15, -0.1) is 5.10 Å².